The van der Waals surface area contributed by atoms with Gasteiger partial charge in [0, 0.05) is 17.0 Å². The van der Waals surface area contributed by atoms with Gasteiger partial charge in [-0.2, -0.15) is 0 Å². The first kappa shape index (κ1) is 14.1. The molecule has 1 aromatic carbocycles. The van der Waals surface area contributed by atoms with Crippen molar-refractivity contribution in [2.45, 2.75) is 40.0 Å². The maximum Gasteiger partial charge on any atom is 0.237 e. The van der Waals surface area contributed by atoms with Gasteiger partial charge in [0.05, 0.1) is 10.5 Å². The second-order valence-electron chi connectivity index (χ2n) is 5.01. The number of halogens is 1. The average molecular weight is 278 g/mol. The Kier molecular flexibility index (Phi) is 4.00. The highest BCUT2D eigenvalue weighted by molar-refractivity contribution is 6.36. The highest BCUT2D eigenvalue weighted by Crippen LogP contribution is 2.35. The summed E-state index contributed by atoms with van der Waals surface area (Å²) < 4.78 is 1.73. The second kappa shape index (κ2) is 5.38. The fourth-order valence-electron chi connectivity index (χ4n) is 2.77. The molecule has 0 N–H and O–H groups in total. The van der Waals surface area contributed by atoms with Crippen molar-refractivity contribution < 1.29 is 4.79 Å². The van der Waals surface area contributed by atoms with Crippen molar-refractivity contribution in [1.29, 1.82) is 0 Å². The van der Waals surface area contributed by atoms with E-state index in [1.165, 1.54) is 0 Å². The second-order valence-corrected chi connectivity index (χ2v) is 5.42. The number of carbonyl (C=O) groups is 1. The van der Waals surface area contributed by atoms with Crippen LogP contribution in [-0.4, -0.2) is 10.5 Å². The van der Waals surface area contributed by atoms with Gasteiger partial charge in [0.25, 0.3) is 0 Å². The maximum absolute atomic E-state index is 12.9. The SMILES string of the molecule is CCC(CC)(CC)C(=O)n1cc(Cl)c2ccccc21. The van der Waals surface area contributed by atoms with Gasteiger partial charge in [0.15, 0.2) is 0 Å². The molecule has 1 aromatic heterocycles. The van der Waals surface area contributed by atoms with E-state index in [0.717, 1.165) is 30.2 Å². The normalized spacial score (nSPS) is 12.0. The number of para-hydroxylation sites is 1. The molecule has 2 nitrogen and oxygen atoms in total. The first-order valence-corrected chi connectivity index (χ1v) is 7.27. The number of hydrogen-bond donors (Lipinski definition) is 0. The van der Waals surface area contributed by atoms with Gasteiger partial charge in [-0.3, -0.25) is 9.36 Å². The Morgan fingerprint density at radius 2 is 1.74 bits per heavy atom. The van der Waals surface area contributed by atoms with Crippen LogP contribution >= 0.6 is 11.6 Å². The molecule has 3 heteroatoms. The van der Waals surface area contributed by atoms with Gasteiger partial charge in [-0.15, -0.1) is 0 Å². The summed E-state index contributed by atoms with van der Waals surface area (Å²) in [5.74, 6) is 0.156. The molecule has 0 aliphatic rings. The molecule has 0 fully saturated rings. The predicted octanol–water partition coefficient (Wildman–Crippen LogP) is 5.15. The van der Waals surface area contributed by atoms with Crippen molar-refractivity contribution in [3.8, 4) is 0 Å². The Morgan fingerprint density at radius 1 is 1.16 bits per heavy atom. The number of fused-ring (bicyclic) bond motifs is 1. The fourth-order valence-corrected chi connectivity index (χ4v) is 3.02. The minimum atomic E-state index is -0.287. The van der Waals surface area contributed by atoms with Crippen molar-refractivity contribution in [3.05, 3.63) is 35.5 Å². The van der Waals surface area contributed by atoms with Crippen molar-refractivity contribution >= 4 is 28.4 Å². The molecule has 0 unspecified atom stereocenters. The Bertz CT molecular complexity index is 588. The van der Waals surface area contributed by atoms with E-state index in [-0.39, 0.29) is 11.3 Å². The molecule has 0 spiro atoms. The van der Waals surface area contributed by atoms with Crippen LogP contribution in [0, 0.1) is 5.41 Å². The summed E-state index contributed by atoms with van der Waals surface area (Å²) in [6, 6.07) is 7.78. The average Bonchev–Trinajstić information content (AvgIpc) is 2.79. The molecule has 102 valence electrons. The Morgan fingerprint density at radius 3 is 2.32 bits per heavy atom. The molecule has 0 aliphatic heterocycles. The summed E-state index contributed by atoms with van der Waals surface area (Å²) in [4.78, 5) is 12.9. The van der Waals surface area contributed by atoms with E-state index in [0.29, 0.717) is 5.02 Å². The monoisotopic (exact) mass is 277 g/mol. The standard InChI is InChI=1S/C16H20ClNO/c1-4-16(5-2,6-3)15(19)18-11-13(17)12-9-7-8-10-14(12)18/h7-11H,4-6H2,1-3H3. The van der Waals surface area contributed by atoms with Gasteiger partial charge in [0.2, 0.25) is 5.91 Å². The molecule has 2 rings (SSSR count). The lowest BCUT2D eigenvalue weighted by Crippen LogP contribution is -2.33. The zero-order chi connectivity index (χ0) is 14.0. The molecule has 0 saturated carbocycles. The van der Waals surface area contributed by atoms with E-state index >= 15 is 0 Å². The van der Waals surface area contributed by atoms with Gasteiger partial charge < -0.3 is 0 Å². The van der Waals surface area contributed by atoms with Crippen LogP contribution in [-0.2, 0) is 0 Å². The zero-order valence-electron chi connectivity index (χ0n) is 11.7. The van der Waals surface area contributed by atoms with Crippen LogP contribution < -0.4 is 0 Å². The van der Waals surface area contributed by atoms with Crippen molar-refractivity contribution in [1.82, 2.24) is 4.57 Å². The van der Waals surface area contributed by atoms with E-state index in [2.05, 4.69) is 20.8 Å². The third kappa shape index (κ3) is 2.18. The number of rotatable bonds is 4. The predicted molar refractivity (Wildman–Crippen MR) is 80.9 cm³/mol. The largest absolute Gasteiger partial charge is 0.285 e. The Balaban J connectivity index is 2.59. The molecule has 0 bridgehead atoms. The quantitative estimate of drug-likeness (QED) is 0.757. The molecule has 0 amide bonds. The van der Waals surface area contributed by atoms with Crippen LogP contribution in [0.25, 0.3) is 10.9 Å². The summed E-state index contributed by atoms with van der Waals surface area (Å²) >= 11 is 6.23. The van der Waals surface area contributed by atoms with Crippen LogP contribution in [0.5, 0.6) is 0 Å². The molecule has 1 heterocycles. The topological polar surface area (TPSA) is 22.0 Å². The summed E-state index contributed by atoms with van der Waals surface area (Å²) in [5.41, 5.74) is 0.614. The third-order valence-corrected chi connectivity index (χ3v) is 4.67. The summed E-state index contributed by atoms with van der Waals surface area (Å²) in [6.07, 6.45) is 4.30. The highest BCUT2D eigenvalue weighted by Gasteiger charge is 2.34. The van der Waals surface area contributed by atoms with E-state index in [9.17, 15) is 4.79 Å². The molecule has 0 radical (unpaired) electrons. The van der Waals surface area contributed by atoms with Crippen molar-refractivity contribution in [2.24, 2.45) is 5.41 Å². The van der Waals surface area contributed by atoms with Crippen LogP contribution in [0.1, 0.15) is 44.8 Å². The van der Waals surface area contributed by atoms with Crippen LogP contribution in [0.4, 0.5) is 0 Å². The zero-order valence-corrected chi connectivity index (χ0v) is 12.5. The van der Waals surface area contributed by atoms with Gasteiger partial charge in [-0.1, -0.05) is 50.6 Å². The Hall–Kier alpha value is -1.28. The summed E-state index contributed by atoms with van der Waals surface area (Å²) in [7, 11) is 0. The van der Waals surface area contributed by atoms with Crippen LogP contribution in [0.2, 0.25) is 5.02 Å². The fraction of sp³-hybridized carbons (Fsp3) is 0.438. The van der Waals surface area contributed by atoms with Crippen molar-refractivity contribution in [2.75, 3.05) is 0 Å². The number of aromatic nitrogens is 1. The van der Waals surface area contributed by atoms with Gasteiger partial charge in [0.1, 0.15) is 0 Å². The number of nitrogens with zero attached hydrogens (tertiary/aromatic N) is 1. The summed E-state index contributed by atoms with van der Waals surface area (Å²) in [6.45, 7) is 6.24. The first-order valence-electron chi connectivity index (χ1n) is 6.90. The molecule has 19 heavy (non-hydrogen) atoms. The lowest BCUT2D eigenvalue weighted by molar-refractivity contribution is 0.0675. The van der Waals surface area contributed by atoms with Crippen LogP contribution in [0.15, 0.2) is 30.5 Å². The molecular formula is C16H20ClNO. The van der Waals surface area contributed by atoms with E-state index < -0.39 is 0 Å². The lowest BCUT2D eigenvalue weighted by atomic mass is 9.79. The van der Waals surface area contributed by atoms with Gasteiger partial charge >= 0.3 is 0 Å². The first-order chi connectivity index (χ1) is 9.09. The Labute approximate surface area is 119 Å². The van der Waals surface area contributed by atoms with E-state index in [4.69, 9.17) is 11.6 Å². The summed E-state index contributed by atoms with van der Waals surface area (Å²) in [5, 5.41) is 1.58. The number of hydrogen-bond acceptors (Lipinski definition) is 1. The van der Waals surface area contributed by atoms with E-state index in [1.54, 1.807) is 10.8 Å². The van der Waals surface area contributed by atoms with Gasteiger partial charge in [-0.05, 0) is 25.3 Å². The number of benzene rings is 1. The minimum absolute atomic E-state index is 0.156. The highest BCUT2D eigenvalue weighted by atomic mass is 35.5. The third-order valence-electron chi connectivity index (χ3n) is 4.37. The minimum Gasteiger partial charge on any atom is -0.285 e. The molecule has 0 aliphatic carbocycles. The maximum atomic E-state index is 12.9. The smallest absolute Gasteiger partial charge is 0.237 e. The molecule has 2 aromatic rings. The molecule has 0 saturated heterocycles. The van der Waals surface area contributed by atoms with Crippen molar-refractivity contribution in [3.63, 3.8) is 0 Å². The van der Waals surface area contributed by atoms with E-state index in [1.807, 2.05) is 24.3 Å². The molecule has 0 atom stereocenters. The van der Waals surface area contributed by atoms with Gasteiger partial charge in [-0.25, -0.2) is 0 Å². The molecular weight excluding hydrogens is 258 g/mol. The number of carbonyl (C=O) groups excluding carboxylic acids is 1. The van der Waals surface area contributed by atoms with Crippen LogP contribution in [0.3, 0.4) is 0 Å². The lowest BCUT2D eigenvalue weighted by Gasteiger charge is -2.29.